The van der Waals surface area contributed by atoms with Gasteiger partial charge in [0.1, 0.15) is 11.5 Å². The third kappa shape index (κ3) is 8.45. The quantitative estimate of drug-likeness (QED) is 0.0989. The van der Waals surface area contributed by atoms with Gasteiger partial charge in [0.05, 0.1) is 29.6 Å². The van der Waals surface area contributed by atoms with E-state index in [4.69, 9.17) is 28.8 Å². The first-order valence-electron chi connectivity index (χ1n) is 16.5. The van der Waals surface area contributed by atoms with Gasteiger partial charge in [0.15, 0.2) is 5.82 Å². The van der Waals surface area contributed by atoms with Gasteiger partial charge in [-0.1, -0.05) is 23.7 Å². The number of H-pyrrole nitrogens is 1. The second-order valence-electron chi connectivity index (χ2n) is 12.5. The minimum atomic E-state index is -0.530. The Hall–Kier alpha value is -3.64. The summed E-state index contributed by atoms with van der Waals surface area (Å²) in [6.45, 7) is 3.07. The minimum Gasteiger partial charge on any atom is -0.386 e. The number of hydrogen-bond acceptors (Lipinski definition) is 6. The number of likely N-dealkylation sites (tertiary alicyclic amines) is 1. The summed E-state index contributed by atoms with van der Waals surface area (Å²) in [5, 5.41) is 0.703. The number of benzene rings is 2. The summed E-state index contributed by atoms with van der Waals surface area (Å²) < 4.78 is 30.0. The van der Waals surface area contributed by atoms with Gasteiger partial charge in [-0.15, -0.1) is 0 Å². The zero-order chi connectivity index (χ0) is 33.5. The van der Waals surface area contributed by atoms with Crippen LogP contribution in [0.4, 0.5) is 8.78 Å². The normalized spacial score (nSPS) is 18.2. The molecule has 1 aliphatic heterocycles. The van der Waals surface area contributed by atoms with Crippen molar-refractivity contribution < 1.29 is 8.78 Å². The van der Waals surface area contributed by atoms with Crippen molar-refractivity contribution in [2.24, 2.45) is 22.2 Å². The second-order valence-corrected chi connectivity index (χ2v) is 12.9. The van der Waals surface area contributed by atoms with Crippen LogP contribution in [0.15, 0.2) is 58.4 Å². The lowest BCUT2D eigenvalue weighted by Crippen LogP contribution is -2.43. The smallest absolute Gasteiger partial charge is 0.354 e. The van der Waals surface area contributed by atoms with Crippen LogP contribution >= 0.6 is 11.6 Å². The molecule has 0 aliphatic carbocycles. The Balaban J connectivity index is 1.38. The summed E-state index contributed by atoms with van der Waals surface area (Å²) in [6.07, 6.45) is 8.48. The van der Waals surface area contributed by atoms with E-state index < -0.39 is 11.5 Å². The lowest BCUT2D eigenvalue weighted by molar-refractivity contribution is 0.0748. The van der Waals surface area contributed by atoms with Gasteiger partial charge >= 0.3 is 5.69 Å². The highest BCUT2D eigenvalue weighted by Gasteiger charge is 2.31. The van der Waals surface area contributed by atoms with Gasteiger partial charge in [-0.25, -0.2) is 9.18 Å². The molecule has 0 radical (unpaired) electrons. The molecule has 7 N–H and O–H groups in total. The highest BCUT2D eigenvalue weighted by atomic mass is 35.5. The topological polar surface area (TPSA) is 144 Å². The summed E-state index contributed by atoms with van der Waals surface area (Å²) in [7, 11) is 0. The number of piperidine rings is 1. The van der Waals surface area contributed by atoms with E-state index in [-0.39, 0.29) is 36.4 Å². The fourth-order valence-corrected chi connectivity index (χ4v) is 6.84. The molecule has 2 aromatic heterocycles. The number of amidine groups is 1. The number of halogens is 3. The average Bonchev–Trinajstić information content (AvgIpc) is 3.47. The van der Waals surface area contributed by atoms with Gasteiger partial charge in [0.25, 0.3) is 0 Å². The van der Waals surface area contributed by atoms with Crippen LogP contribution in [0, 0.1) is 5.82 Å². The summed E-state index contributed by atoms with van der Waals surface area (Å²) in [5.41, 5.74) is 20.7. The predicted molar refractivity (Wildman–Crippen MR) is 187 cm³/mol. The second kappa shape index (κ2) is 16.0. The fourth-order valence-electron chi connectivity index (χ4n) is 6.60. The Labute approximate surface area is 279 Å². The van der Waals surface area contributed by atoms with Crippen LogP contribution in [0.1, 0.15) is 69.0 Å². The lowest BCUT2D eigenvalue weighted by Gasteiger charge is -2.42. The Morgan fingerprint density at radius 2 is 1.98 bits per heavy atom. The summed E-state index contributed by atoms with van der Waals surface area (Å²) in [5.74, 6) is -0.0884. The van der Waals surface area contributed by atoms with Gasteiger partial charge in [-0.05, 0) is 99.7 Å². The van der Waals surface area contributed by atoms with Crippen molar-refractivity contribution in [2.45, 2.75) is 76.4 Å². The van der Waals surface area contributed by atoms with Crippen molar-refractivity contribution >= 4 is 28.5 Å². The molecule has 12 heteroatoms. The monoisotopic (exact) mass is 666 g/mol. The van der Waals surface area contributed by atoms with Gasteiger partial charge in [0.2, 0.25) is 0 Å². The number of aromatic nitrogens is 3. The van der Waals surface area contributed by atoms with Gasteiger partial charge in [-0.2, -0.15) is 4.98 Å². The number of aliphatic imine (C=N–C) groups is 1. The van der Waals surface area contributed by atoms with Gasteiger partial charge < -0.3 is 22.2 Å². The van der Waals surface area contributed by atoms with E-state index in [9.17, 15) is 9.18 Å². The molecule has 9 nitrogen and oxygen atoms in total. The van der Waals surface area contributed by atoms with E-state index in [0.717, 1.165) is 56.1 Å². The Morgan fingerprint density at radius 1 is 1.19 bits per heavy atom. The van der Waals surface area contributed by atoms with Crippen molar-refractivity contribution in [3.05, 3.63) is 81.1 Å². The molecular weight excluding hydrogens is 622 g/mol. The number of aromatic amines is 1. The van der Waals surface area contributed by atoms with Crippen LogP contribution in [0.25, 0.3) is 28.0 Å². The summed E-state index contributed by atoms with van der Waals surface area (Å²) in [6, 6.07) is 13.6. The van der Waals surface area contributed by atoms with E-state index in [1.165, 1.54) is 4.57 Å². The van der Waals surface area contributed by atoms with Crippen LogP contribution in [0.5, 0.6) is 0 Å². The third-order valence-electron chi connectivity index (χ3n) is 8.99. The number of nitrogens with one attached hydrogen (secondary N) is 1. The molecule has 3 heterocycles. The molecule has 5 rings (SSSR count). The van der Waals surface area contributed by atoms with Crippen LogP contribution in [-0.2, 0) is 6.42 Å². The minimum absolute atomic E-state index is 0.0434. The molecule has 1 aliphatic rings. The van der Waals surface area contributed by atoms with Crippen LogP contribution < -0.4 is 22.9 Å². The number of fused-ring (bicyclic) bond motifs is 1. The Kier molecular flexibility index (Phi) is 11.8. The van der Waals surface area contributed by atoms with Crippen molar-refractivity contribution in [1.82, 2.24) is 19.4 Å². The first kappa shape index (κ1) is 34.7. The van der Waals surface area contributed by atoms with Crippen LogP contribution in [0.3, 0.4) is 0 Å². The molecule has 47 heavy (non-hydrogen) atoms. The molecule has 0 spiro atoms. The van der Waals surface area contributed by atoms with Crippen molar-refractivity contribution in [3.63, 3.8) is 0 Å². The standard InChI is InChI=1S/C35H45ClF2N8O/c1-22(40)5-2-6-23-17-28(33(38)29(36)18-23)30-19-25-21-46(35(47)44-34(25)43-30)27-11-9-24(10-12-27)31-8-3-7-26(45(31)16-4-14-37)13-15-42-32(41)20-39/h9-12,17-19,21-22,26,31H,2-8,13-16,20,39-40H2,1H3,(H2,41,42)(H,43,44,47)/t22-,26-,31-/m0/s1. The maximum Gasteiger partial charge on any atom is 0.354 e. The molecule has 252 valence electrons. The first-order valence-corrected chi connectivity index (χ1v) is 16.8. The van der Waals surface area contributed by atoms with Crippen LogP contribution in [0.2, 0.25) is 5.02 Å². The number of hydrogen-bond donors (Lipinski definition) is 4. The Bertz CT molecular complexity index is 1740. The highest BCUT2D eigenvalue weighted by Crippen LogP contribution is 2.36. The average molecular weight is 667 g/mol. The Morgan fingerprint density at radius 3 is 2.70 bits per heavy atom. The van der Waals surface area contributed by atoms with E-state index in [1.807, 2.05) is 31.2 Å². The molecular formula is C35H45ClF2N8O. The molecule has 3 atom stereocenters. The van der Waals surface area contributed by atoms with Crippen molar-refractivity contribution in [2.75, 3.05) is 26.3 Å². The molecule has 0 unspecified atom stereocenters. The van der Waals surface area contributed by atoms with E-state index in [1.54, 1.807) is 24.4 Å². The maximum atomic E-state index is 15.2. The summed E-state index contributed by atoms with van der Waals surface area (Å²) >= 11 is 6.27. The lowest BCUT2D eigenvalue weighted by atomic mass is 9.89. The van der Waals surface area contributed by atoms with Gasteiger partial charge in [-0.3, -0.25) is 18.8 Å². The largest absolute Gasteiger partial charge is 0.386 e. The maximum absolute atomic E-state index is 15.2. The molecule has 0 saturated carbocycles. The van der Waals surface area contributed by atoms with Gasteiger partial charge in [0, 0.05) is 48.4 Å². The number of rotatable bonds is 14. The number of aryl methyl sites for hydroxylation is 1. The molecule has 0 bridgehead atoms. The molecule has 2 aromatic carbocycles. The zero-order valence-corrected chi connectivity index (χ0v) is 27.7. The summed E-state index contributed by atoms with van der Waals surface area (Å²) in [4.78, 5) is 27.3. The predicted octanol–water partition coefficient (Wildman–Crippen LogP) is 5.80. The van der Waals surface area contributed by atoms with Crippen molar-refractivity contribution in [1.29, 1.82) is 0 Å². The van der Waals surface area contributed by atoms with Crippen molar-refractivity contribution in [3.8, 4) is 16.9 Å². The molecule has 1 saturated heterocycles. The number of nitrogens with zero attached hydrogens (tertiary/aromatic N) is 4. The molecule has 4 aromatic rings. The van der Waals surface area contributed by atoms with E-state index in [2.05, 4.69) is 19.9 Å². The zero-order valence-electron chi connectivity index (χ0n) is 26.9. The fraction of sp³-hybridized carbons (Fsp3) is 0.457. The molecule has 1 fully saturated rings. The first-order chi connectivity index (χ1) is 22.7. The van der Waals surface area contributed by atoms with Crippen LogP contribution in [-0.4, -0.2) is 63.7 Å². The SMILES string of the molecule is C[C@H](N)CCCc1cc(Cl)c(F)c(-c2cc3cn(-c4ccc([C@@H]5CCC[C@@H](CCN=C(N)CN)N5CCCF)cc4)c(=O)nc3[nH]2)c1. The highest BCUT2D eigenvalue weighted by molar-refractivity contribution is 6.31. The van der Waals surface area contributed by atoms with E-state index >= 15 is 4.39 Å². The molecule has 0 amide bonds. The number of nitrogens with two attached hydrogens (primary N) is 3. The number of alkyl halides is 1. The third-order valence-corrected chi connectivity index (χ3v) is 9.26. The van der Waals surface area contributed by atoms with E-state index in [0.29, 0.717) is 53.3 Å².